The van der Waals surface area contributed by atoms with Crippen LogP contribution in [-0.2, 0) is 4.79 Å². The summed E-state index contributed by atoms with van der Waals surface area (Å²) in [4.78, 5) is 17.1. The minimum absolute atomic E-state index is 0. The number of piperidine rings is 1. The largest absolute Gasteiger partial charge is 0.340 e. The molecule has 0 aromatic rings. The van der Waals surface area contributed by atoms with Gasteiger partial charge in [-0.05, 0) is 40.2 Å². The van der Waals surface area contributed by atoms with Gasteiger partial charge >= 0.3 is 0 Å². The first kappa shape index (κ1) is 20.0. The zero-order chi connectivity index (χ0) is 13.2. The van der Waals surface area contributed by atoms with E-state index in [9.17, 15) is 4.79 Å². The highest BCUT2D eigenvalue weighted by molar-refractivity contribution is 5.85. The number of nitrogens with one attached hydrogen (secondary N) is 1. The fourth-order valence-electron chi connectivity index (χ4n) is 3.06. The molecule has 120 valence electrons. The molecule has 6 heteroatoms. The predicted octanol–water partition coefficient (Wildman–Crippen LogP) is 1.77. The number of piperazine rings is 1. The Morgan fingerprint density at radius 1 is 1.15 bits per heavy atom. The third-order valence-electron chi connectivity index (χ3n) is 4.45. The number of hydrogen-bond acceptors (Lipinski definition) is 3. The molecule has 4 nitrogen and oxygen atoms in total. The van der Waals surface area contributed by atoms with Crippen molar-refractivity contribution in [1.82, 2.24) is 15.1 Å². The van der Waals surface area contributed by atoms with Crippen molar-refractivity contribution in [3.05, 3.63) is 0 Å². The van der Waals surface area contributed by atoms with Crippen LogP contribution in [0.25, 0.3) is 0 Å². The SMILES string of the molecule is CC(C)N1CCN(C(=O)C2(C)CCCNC2)CC1.Cl.Cl. The lowest BCUT2D eigenvalue weighted by Gasteiger charge is -2.42. The van der Waals surface area contributed by atoms with E-state index in [2.05, 4.69) is 35.9 Å². The standard InChI is InChI=1S/C14H27N3O.2ClH/c1-12(2)16-7-9-17(10-8-16)13(18)14(3)5-4-6-15-11-14;;/h12,15H,4-11H2,1-3H3;2*1H. The van der Waals surface area contributed by atoms with Gasteiger partial charge in [-0.3, -0.25) is 9.69 Å². The average Bonchev–Trinajstić information content (AvgIpc) is 2.39. The molecule has 0 radical (unpaired) electrons. The molecule has 2 rings (SSSR count). The molecule has 0 spiro atoms. The second kappa shape index (κ2) is 8.42. The summed E-state index contributed by atoms with van der Waals surface area (Å²) in [5.74, 6) is 0.359. The summed E-state index contributed by atoms with van der Waals surface area (Å²) in [7, 11) is 0. The van der Waals surface area contributed by atoms with Crippen molar-refractivity contribution >= 4 is 30.7 Å². The van der Waals surface area contributed by atoms with Crippen LogP contribution in [-0.4, -0.2) is 61.0 Å². The highest BCUT2D eigenvalue weighted by Crippen LogP contribution is 2.28. The van der Waals surface area contributed by atoms with Crippen LogP contribution in [0, 0.1) is 5.41 Å². The normalized spacial score (nSPS) is 27.7. The fraction of sp³-hybridized carbons (Fsp3) is 0.929. The summed E-state index contributed by atoms with van der Waals surface area (Å²) in [6.07, 6.45) is 2.15. The van der Waals surface area contributed by atoms with E-state index in [0.29, 0.717) is 11.9 Å². The van der Waals surface area contributed by atoms with Crippen LogP contribution in [0.3, 0.4) is 0 Å². The van der Waals surface area contributed by atoms with Gasteiger partial charge in [0.05, 0.1) is 5.41 Å². The predicted molar refractivity (Wildman–Crippen MR) is 88.0 cm³/mol. The molecule has 0 aromatic heterocycles. The monoisotopic (exact) mass is 325 g/mol. The van der Waals surface area contributed by atoms with E-state index in [1.807, 2.05) is 0 Å². The fourth-order valence-corrected chi connectivity index (χ4v) is 3.06. The van der Waals surface area contributed by atoms with E-state index in [-0.39, 0.29) is 30.2 Å². The summed E-state index contributed by atoms with van der Waals surface area (Å²) in [5, 5.41) is 3.36. The van der Waals surface area contributed by atoms with Crippen molar-refractivity contribution in [3.8, 4) is 0 Å². The molecule has 2 saturated heterocycles. The number of carbonyl (C=O) groups excluding carboxylic acids is 1. The Morgan fingerprint density at radius 2 is 1.75 bits per heavy atom. The molecule has 20 heavy (non-hydrogen) atoms. The first-order chi connectivity index (χ1) is 8.53. The van der Waals surface area contributed by atoms with Gasteiger partial charge in [-0.1, -0.05) is 0 Å². The van der Waals surface area contributed by atoms with Crippen molar-refractivity contribution in [3.63, 3.8) is 0 Å². The van der Waals surface area contributed by atoms with Gasteiger partial charge in [-0.2, -0.15) is 0 Å². The van der Waals surface area contributed by atoms with Crippen LogP contribution in [0.2, 0.25) is 0 Å². The first-order valence-corrected chi connectivity index (χ1v) is 7.27. The first-order valence-electron chi connectivity index (χ1n) is 7.27. The third-order valence-corrected chi connectivity index (χ3v) is 4.45. The van der Waals surface area contributed by atoms with Gasteiger partial charge in [0.1, 0.15) is 0 Å². The Balaban J connectivity index is 0.00000180. The average molecular weight is 326 g/mol. The Hall–Kier alpha value is -0.0300. The van der Waals surface area contributed by atoms with E-state index in [1.165, 1.54) is 0 Å². The molecule has 1 atom stereocenters. The zero-order valence-corrected chi connectivity index (χ0v) is 14.5. The van der Waals surface area contributed by atoms with Crippen LogP contribution >= 0.6 is 24.8 Å². The molecule has 0 aromatic carbocycles. The Morgan fingerprint density at radius 3 is 2.20 bits per heavy atom. The molecule has 1 unspecified atom stereocenters. The molecular weight excluding hydrogens is 297 g/mol. The smallest absolute Gasteiger partial charge is 0.229 e. The second-order valence-electron chi connectivity index (χ2n) is 6.26. The molecule has 1 amide bonds. The zero-order valence-electron chi connectivity index (χ0n) is 12.9. The molecule has 2 aliphatic heterocycles. The molecule has 2 fully saturated rings. The van der Waals surface area contributed by atoms with E-state index in [4.69, 9.17) is 0 Å². The van der Waals surface area contributed by atoms with Crippen molar-refractivity contribution in [2.24, 2.45) is 5.41 Å². The maximum Gasteiger partial charge on any atom is 0.229 e. The minimum atomic E-state index is -0.168. The van der Waals surface area contributed by atoms with Gasteiger partial charge in [0.15, 0.2) is 0 Å². The summed E-state index contributed by atoms with van der Waals surface area (Å²) in [6.45, 7) is 12.3. The highest BCUT2D eigenvalue weighted by atomic mass is 35.5. The second-order valence-corrected chi connectivity index (χ2v) is 6.26. The Kier molecular flexibility index (Phi) is 8.41. The van der Waals surface area contributed by atoms with E-state index >= 15 is 0 Å². The number of halogens is 2. The summed E-state index contributed by atoms with van der Waals surface area (Å²) in [6, 6.07) is 0.592. The molecule has 2 aliphatic rings. The third kappa shape index (κ3) is 4.48. The lowest BCUT2D eigenvalue weighted by molar-refractivity contribution is -0.144. The Labute approximate surface area is 135 Å². The molecule has 0 saturated carbocycles. The van der Waals surface area contributed by atoms with Crippen molar-refractivity contribution in [1.29, 1.82) is 0 Å². The van der Waals surface area contributed by atoms with Crippen molar-refractivity contribution in [2.45, 2.75) is 39.7 Å². The number of hydrogen-bond donors (Lipinski definition) is 1. The van der Waals surface area contributed by atoms with Crippen LogP contribution in [0.15, 0.2) is 0 Å². The lowest BCUT2D eigenvalue weighted by atomic mass is 9.81. The van der Waals surface area contributed by atoms with Crippen LogP contribution in [0.1, 0.15) is 33.6 Å². The van der Waals surface area contributed by atoms with Gasteiger partial charge < -0.3 is 10.2 Å². The van der Waals surface area contributed by atoms with Crippen LogP contribution in [0.5, 0.6) is 0 Å². The number of rotatable bonds is 2. The van der Waals surface area contributed by atoms with E-state index in [0.717, 1.165) is 52.1 Å². The van der Waals surface area contributed by atoms with Gasteiger partial charge in [-0.15, -0.1) is 24.8 Å². The van der Waals surface area contributed by atoms with Crippen LogP contribution in [0.4, 0.5) is 0 Å². The molecule has 0 aliphatic carbocycles. The van der Waals surface area contributed by atoms with Gasteiger partial charge in [0.25, 0.3) is 0 Å². The topological polar surface area (TPSA) is 35.6 Å². The van der Waals surface area contributed by atoms with Gasteiger partial charge in [0.2, 0.25) is 5.91 Å². The maximum atomic E-state index is 12.6. The number of carbonyl (C=O) groups is 1. The Bertz CT molecular complexity index is 299. The van der Waals surface area contributed by atoms with E-state index < -0.39 is 0 Å². The van der Waals surface area contributed by atoms with Crippen molar-refractivity contribution < 1.29 is 4.79 Å². The quantitative estimate of drug-likeness (QED) is 0.840. The molecule has 1 N–H and O–H groups in total. The van der Waals surface area contributed by atoms with Gasteiger partial charge in [-0.25, -0.2) is 0 Å². The molecule has 2 heterocycles. The van der Waals surface area contributed by atoms with Gasteiger partial charge in [0, 0.05) is 38.8 Å². The number of amides is 1. The number of nitrogens with zero attached hydrogens (tertiary/aromatic N) is 2. The molecule has 0 bridgehead atoms. The summed E-state index contributed by atoms with van der Waals surface area (Å²) in [5.41, 5.74) is -0.168. The lowest BCUT2D eigenvalue weighted by Crippen LogP contribution is -2.56. The van der Waals surface area contributed by atoms with Crippen molar-refractivity contribution in [2.75, 3.05) is 39.3 Å². The summed E-state index contributed by atoms with van der Waals surface area (Å²) >= 11 is 0. The molecular formula is C14H29Cl2N3O. The summed E-state index contributed by atoms with van der Waals surface area (Å²) < 4.78 is 0. The highest BCUT2D eigenvalue weighted by Gasteiger charge is 2.38. The van der Waals surface area contributed by atoms with E-state index in [1.54, 1.807) is 0 Å². The van der Waals surface area contributed by atoms with Crippen LogP contribution < -0.4 is 5.32 Å². The minimum Gasteiger partial charge on any atom is -0.340 e. The maximum absolute atomic E-state index is 12.6.